The van der Waals surface area contributed by atoms with Crippen LogP contribution in [-0.4, -0.2) is 12.0 Å². The Kier molecular flexibility index (Phi) is 4.80. The zero-order valence-corrected chi connectivity index (χ0v) is 14.0. The molecule has 122 valence electrons. The molecule has 1 amide bonds. The summed E-state index contributed by atoms with van der Waals surface area (Å²) in [5, 5.41) is 5.07. The molecule has 3 nitrogen and oxygen atoms in total. The van der Waals surface area contributed by atoms with E-state index in [1.807, 2.05) is 66.7 Å². The predicted molar refractivity (Wildman–Crippen MR) is 98.5 cm³/mol. The van der Waals surface area contributed by atoms with Gasteiger partial charge in [0.1, 0.15) is 5.75 Å². The van der Waals surface area contributed by atoms with E-state index in [-0.39, 0.29) is 5.91 Å². The molecule has 0 bridgehead atoms. The summed E-state index contributed by atoms with van der Waals surface area (Å²) < 4.78 is 5.92. The van der Waals surface area contributed by atoms with E-state index in [1.54, 1.807) is 6.92 Å². The molecule has 0 unspecified atom stereocenters. The lowest BCUT2D eigenvalue weighted by molar-refractivity contribution is -0.122. The summed E-state index contributed by atoms with van der Waals surface area (Å²) in [7, 11) is 0. The smallest absolute Gasteiger partial charge is 0.265 e. The Morgan fingerprint density at radius 2 is 1.71 bits per heavy atom. The van der Waals surface area contributed by atoms with E-state index in [0.29, 0.717) is 0 Å². The van der Waals surface area contributed by atoms with Crippen molar-refractivity contribution in [1.82, 2.24) is 0 Å². The fourth-order valence-corrected chi connectivity index (χ4v) is 2.73. The summed E-state index contributed by atoms with van der Waals surface area (Å²) in [6.45, 7) is 3.84. The van der Waals surface area contributed by atoms with Crippen LogP contribution in [0, 0.1) is 0 Å². The van der Waals surface area contributed by atoms with Crippen molar-refractivity contribution in [2.45, 2.75) is 26.4 Å². The van der Waals surface area contributed by atoms with Gasteiger partial charge in [-0.15, -0.1) is 0 Å². The number of amides is 1. The van der Waals surface area contributed by atoms with Crippen LogP contribution in [0.15, 0.2) is 66.7 Å². The van der Waals surface area contributed by atoms with E-state index in [9.17, 15) is 4.79 Å². The second-order valence-electron chi connectivity index (χ2n) is 5.74. The molecule has 0 heterocycles. The van der Waals surface area contributed by atoms with E-state index >= 15 is 0 Å². The maximum Gasteiger partial charge on any atom is 0.265 e. The van der Waals surface area contributed by atoms with E-state index in [4.69, 9.17) is 4.74 Å². The minimum atomic E-state index is -0.583. The number of ether oxygens (including phenoxy) is 1. The highest BCUT2D eigenvalue weighted by Gasteiger charge is 2.17. The van der Waals surface area contributed by atoms with Gasteiger partial charge in [0.15, 0.2) is 6.10 Å². The molecule has 1 atom stereocenters. The summed E-state index contributed by atoms with van der Waals surface area (Å²) in [4.78, 5) is 12.5. The van der Waals surface area contributed by atoms with E-state index in [1.165, 1.54) is 0 Å². The molecule has 0 spiro atoms. The van der Waals surface area contributed by atoms with Crippen molar-refractivity contribution in [2.75, 3.05) is 5.32 Å². The van der Waals surface area contributed by atoms with Crippen molar-refractivity contribution in [3.63, 3.8) is 0 Å². The number of carbonyl (C=O) groups is 1. The number of hydrogen-bond donors (Lipinski definition) is 1. The first-order valence-corrected chi connectivity index (χ1v) is 8.22. The molecule has 3 aromatic carbocycles. The van der Waals surface area contributed by atoms with Gasteiger partial charge in [0, 0.05) is 11.1 Å². The number of benzene rings is 3. The average molecular weight is 319 g/mol. The second kappa shape index (κ2) is 7.18. The highest BCUT2D eigenvalue weighted by molar-refractivity contribution is 5.95. The summed E-state index contributed by atoms with van der Waals surface area (Å²) in [6.07, 6.45) is 0.287. The molecule has 3 rings (SSSR count). The fraction of sp³-hybridized carbons (Fsp3) is 0.190. The van der Waals surface area contributed by atoms with Gasteiger partial charge < -0.3 is 10.1 Å². The summed E-state index contributed by atoms with van der Waals surface area (Å²) >= 11 is 0. The number of para-hydroxylation sites is 1. The van der Waals surface area contributed by atoms with E-state index in [0.717, 1.165) is 34.2 Å². The average Bonchev–Trinajstić information content (AvgIpc) is 2.62. The first-order chi connectivity index (χ1) is 11.7. The van der Waals surface area contributed by atoms with E-state index < -0.39 is 6.10 Å². The molecular weight excluding hydrogens is 298 g/mol. The quantitative estimate of drug-likeness (QED) is 0.733. The topological polar surface area (TPSA) is 38.3 Å². The molecule has 1 N–H and O–H groups in total. The predicted octanol–water partition coefficient (Wildman–Crippen LogP) is 4.81. The molecule has 0 aliphatic heterocycles. The lowest BCUT2D eigenvalue weighted by atomic mass is 10.1. The Bertz CT molecular complexity index is 852. The molecule has 0 aromatic heterocycles. The first-order valence-electron chi connectivity index (χ1n) is 8.22. The SMILES string of the molecule is CCc1ccccc1NC(=O)[C@@H](C)Oc1cccc2ccccc12. The van der Waals surface area contributed by atoms with Gasteiger partial charge in [-0.25, -0.2) is 0 Å². The second-order valence-corrected chi connectivity index (χ2v) is 5.74. The molecule has 0 aliphatic rings. The maximum absolute atomic E-state index is 12.5. The number of nitrogens with one attached hydrogen (secondary N) is 1. The van der Waals surface area contributed by atoms with Crippen molar-refractivity contribution in [2.24, 2.45) is 0 Å². The van der Waals surface area contributed by atoms with Crippen molar-refractivity contribution >= 4 is 22.4 Å². The lowest BCUT2D eigenvalue weighted by Crippen LogP contribution is -2.30. The van der Waals surface area contributed by atoms with Crippen LogP contribution in [0.25, 0.3) is 10.8 Å². The molecule has 0 fully saturated rings. The van der Waals surface area contributed by atoms with Crippen LogP contribution in [0.3, 0.4) is 0 Å². The number of carbonyl (C=O) groups excluding carboxylic acids is 1. The van der Waals surface area contributed by atoms with Crippen LogP contribution in [0.1, 0.15) is 19.4 Å². The van der Waals surface area contributed by atoms with Crippen LogP contribution < -0.4 is 10.1 Å². The Labute approximate surface area is 142 Å². The number of fused-ring (bicyclic) bond motifs is 1. The number of hydrogen-bond acceptors (Lipinski definition) is 2. The maximum atomic E-state index is 12.5. The van der Waals surface area contributed by atoms with Crippen LogP contribution in [0.2, 0.25) is 0 Å². The molecule has 24 heavy (non-hydrogen) atoms. The van der Waals surface area contributed by atoms with Crippen molar-refractivity contribution < 1.29 is 9.53 Å². The third-order valence-electron chi connectivity index (χ3n) is 4.08. The Morgan fingerprint density at radius 1 is 1.00 bits per heavy atom. The molecule has 0 radical (unpaired) electrons. The molecule has 3 heteroatoms. The van der Waals surface area contributed by atoms with Crippen LogP contribution in [0.5, 0.6) is 5.75 Å². The van der Waals surface area contributed by atoms with Gasteiger partial charge in [-0.3, -0.25) is 4.79 Å². The number of aryl methyl sites for hydroxylation is 1. The lowest BCUT2D eigenvalue weighted by Gasteiger charge is -2.17. The van der Waals surface area contributed by atoms with Crippen LogP contribution in [-0.2, 0) is 11.2 Å². The first kappa shape index (κ1) is 16.1. The standard InChI is InChI=1S/C21H21NO2/c1-3-16-9-5-7-13-19(16)22-21(23)15(2)24-20-14-8-11-17-10-4-6-12-18(17)20/h4-15H,3H2,1-2H3,(H,22,23)/t15-/m1/s1. The molecule has 3 aromatic rings. The van der Waals surface area contributed by atoms with Gasteiger partial charge in [0.05, 0.1) is 0 Å². The van der Waals surface area contributed by atoms with Gasteiger partial charge in [-0.1, -0.05) is 61.5 Å². The fourth-order valence-electron chi connectivity index (χ4n) is 2.73. The summed E-state index contributed by atoms with van der Waals surface area (Å²) in [6, 6.07) is 21.7. The van der Waals surface area contributed by atoms with Crippen molar-refractivity contribution in [1.29, 1.82) is 0 Å². The monoisotopic (exact) mass is 319 g/mol. The molecule has 0 saturated carbocycles. The Morgan fingerprint density at radius 3 is 2.54 bits per heavy atom. The number of rotatable bonds is 5. The minimum absolute atomic E-state index is 0.149. The molecular formula is C21H21NO2. The van der Waals surface area contributed by atoms with Crippen molar-refractivity contribution in [3.8, 4) is 5.75 Å². The zero-order valence-electron chi connectivity index (χ0n) is 14.0. The van der Waals surface area contributed by atoms with Crippen LogP contribution in [0.4, 0.5) is 5.69 Å². The third-order valence-corrected chi connectivity index (χ3v) is 4.08. The Balaban J connectivity index is 1.76. The summed E-state index contributed by atoms with van der Waals surface area (Å²) in [5.41, 5.74) is 1.96. The minimum Gasteiger partial charge on any atom is -0.480 e. The van der Waals surface area contributed by atoms with Gasteiger partial charge in [-0.2, -0.15) is 0 Å². The largest absolute Gasteiger partial charge is 0.480 e. The zero-order chi connectivity index (χ0) is 16.9. The van der Waals surface area contributed by atoms with Crippen molar-refractivity contribution in [3.05, 3.63) is 72.3 Å². The summed E-state index contributed by atoms with van der Waals surface area (Å²) in [5.74, 6) is 0.573. The highest BCUT2D eigenvalue weighted by Crippen LogP contribution is 2.26. The normalized spacial score (nSPS) is 11.9. The van der Waals surface area contributed by atoms with Gasteiger partial charge >= 0.3 is 0 Å². The van der Waals surface area contributed by atoms with E-state index in [2.05, 4.69) is 12.2 Å². The third kappa shape index (κ3) is 3.40. The van der Waals surface area contributed by atoms with Gasteiger partial charge in [0.2, 0.25) is 0 Å². The highest BCUT2D eigenvalue weighted by atomic mass is 16.5. The molecule has 0 aliphatic carbocycles. The van der Waals surface area contributed by atoms with Gasteiger partial charge in [0.25, 0.3) is 5.91 Å². The van der Waals surface area contributed by atoms with Gasteiger partial charge in [-0.05, 0) is 36.4 Å². The Hall–Kier alpha value is -2.81. The molecule has 0 saturated heterocycles. The number of anilines is 1. The van der Waals surface area contributed by atoms with Crippen LogP contribution >= 0.6 is 0 Å².